The lowest BCUT2D eigenvalue weighted by Crippen LogP contribution is -2.54. The molecule has 0 N–H and O–H groups in total. The van der Waals surface area contributed by atoms with E-state index in [0.29, 0.717) is 4.96 Å². The SMILES string of the molecule is C=CCn1c(=O)n(CC=C)c(=O)n(Cc2cc(=O)n3c(C)csc3n2)c1=O. The van der Waals surface area contributed by atoms with Gasteiger partial charge < -0.3 is 0 Å². The van der Waals surface area contributed by atoms with Gasteiger partial charge in [0.25, 0.3) is 5.56 Å². The average molecular weight is 387 g/mol. The molecule has 0 spiro atoms. The minimum Gasteiger partial charge on any atom is -0.269 e. The molecule has 0 fully saturated rings. The molecule has 0 aliphatic rings. The van der Waals surface area contributed by atoms with Gasteiger partial charge in [-0.15, -0.1) is 24.5 Å². The highest BCUT2D eigenvalue weighted by Crippen LogP contribution is 2.11. The fourth-order valence-electron chi connectivity index (χ4n) is 2.73. The Morgan fingerprint density at radius 2 is 1.56 bits per heavy atom. The summed E-state index contributed by atoms with van der Waals surface area (Å²) in [6.45, 7) is 8.52. The van der Waals surface area contributed by atoms with E-state index in [1.54, 1.807) is 12.3 Å². The lowest BCUT2D eigenvalue weighted by molar-refractivity contribution is 0.495. The van der Waals surface area contributed by atoms with E-state index in [0.717, 1.165) is 19.4 Å². The summed E-state index contributed by atoms with van der Waals surface area (Å²) in [6.07, 6.45) is 2.78. The zero-order chi connectivity index (χ0) is 19.7. The number of rotatable bonds is 6. The van der Waals surface area contributed by atoms with Crippen molar-refractivity contribution in [3.05, 3.63) is 90.0 Å². The first-order valence-corrected chi connectivity index (χ1v) is 8.90. The molecule has 0 bridgehead atoms. The van der Waals surface area contributed by atoms with Gasteiger partial charge in [-0.2, -0.15) is 0 Å². The molecule has 0 radical (unpaired) electrons. The smallest absolute Gasteiger partial charge is 0.269 e. The first-order valence-electron chi connectivity index (χ1n) is 8.02. The largest absolute Gasteiger partial charge is 0.336 e. The Hall–Kier alpha value is -3.27. The van der Waals surface area contributed by atoms with Crippen LogP contribution in [0, 0.1) is 6.92 Å². The van der Waals surface area contributed by atoms with E-state index in [9.17, 15) is 19.2 Å². The van der Waals surface area contributed by atoms with Crippen molar-refractivity contribution >= 4 is 16.3 Å². The molecule has 0 aliphatic heterocycles. The van der Waals surface area contributed by atoms with Crippen molar-refractivity contribution in [2.24, 2.45) is 0 Å². The van der Waals surface area contributed by atoms with Crippen LogP contribution in [0.3, 0.4) is 0 Å². The van der Waals surface area contributed by atoms with Gasteiger partial charge in [-0.1, -0.05) is 12.2 Å². The van der Waals surface area contributed by atoms with E-state index in [1.165, 1.54) is 34.0 Å². The number of hydrogen-bond donors (Lipinski definition) is 0. The van der Waals surface area contributed by atoms with Gasteiger partial charge in [0, 0.05) is 17.1 Å². The molecule has 0 unspecified atom stereocenters. The zero-order valence-electron chi connectivity index (χ0n) is 14.6. The zero-order valence-corrected chi connectivity index (χ0v) is 15.4. The van der Waals surface area contributed by atoms with E-state index in [2.05, 4.69) is 18.1 Å². The number of hydrogen-bond acceptors (Lipinski definition) is 6. The molecule has 3 heterocycles. The predicted octanol–water partition coefficient (Wildman–Crippen LogP) is -0.0302. The second-order valence-corrected chi connectivity index (χ2v) is 6.65. The molecular formula is C17H17N5O4S. The number of thiazole rings is 1. The minimum absolute atomic E-state index is 0.0473. The lowest BCUT2D eigenvalue weighted by atomic mass is 10.4. The molecule has 27 heavy (non-hydrogen) atoms. The maximum absolute atomic E-state index is 12.6. The van der Waals surface area contributed by atoms with E-state index < -0.39 is 17.1 Å². The molecule has 0 saturated heterocycles. The summed E-state index contributed by atoms with van der Waals surface area (Å²) in [5, 5.41) is 1.79. The van der Waals surface area contributed by atoms with Gasteiger partial charge in [-0.05, 0) is 6.92 Å². The summed E-state index contributed by atoms with van der Waals surface area (Å²) < 4.78 is 4.13. The van der Waals surface area contributed by atoms with Crippen LogP contribution < -0.4 is 22.6 Å². The Kier molecular flexibility index (Phi) is 4.91. The highest BCUT2D eigenvalue weighted by molar-refractivity contribution is 7.15. The summed E-state index contributed by atoms with van der Waals surface area (Å²) in [5.74, 6) is 0. The Morgan fingerprint density at radius 3 is 2.11 bits per heavy atom. The maximum atomic E-state index is 12.6. The van der Waals surface area contributed by atoms with Crippen LogP contribution in [0.2, 0.25) is 0 Å². The summed E-state index contributed by atoms with van der Waals surface area (Å²) in [7, 11) is 0. The molecule has 3 aromatic heterocycles. The quantitative estimate of drug-likeness (QED) is 0.553. The third-order valence-corrected chi connectivity index (χ3v) is 4.90. The third kappa shape index (κ3) is 3.14. The molecule has 0 aliphatic carbocycles. The van der Waals surface area contributed by atoms with Crippen molar-refractivity contribution < 1.29 is 0 Å². The van der Waals surface area contributed by atoms with Crippen LogP contribution in [0.4, 0.5) is 0 Å². The molecule has 3 rings (SSSR count). The monoisotopic (exact) mass is 387 g/mol. The third-order valence-electron chi connectivity index (χ3n) is 3.96. The maximum Gasteiger partial charge on any atom is 0.336 e. The van der Waals surface area contributed by atoms with Gasteiger partial charge >= 0.3 is 17.1 Å². The molecule has 0 atom stereocenters. The van der Waals surface area contributed by atoms with Crippen molar-refractivity contribution in [1.82, 2.24) is 23.1 Å². The molecular weight excluding hydrogens is 370 g/mol. The van der Waals surface area contributed by atoms with E-state index in [-0.39, 0.29) is 30.9 Å². The first kappa shape index (κ1) is 18.5. The topological polar surface area (TPSA) is 100 Å². The Labute approximate surface area is 156 Å². The Bertz CT molecular complexity index is 1240. The van der Waals surface area contributed by atoms with E-state index in [1.807, 2.05) is 0 Å². The minimum atomic E-state index is -0.783. The van der Waals surface area contributed by atoms with Crippen LogP contribution in [0.1, 0.15) is 11.4 Å². The van der Waals surface area contributed by atoms with Gasteiger partial charge in [-0.3, -0.25) is 9.20 Å². The van der Waals surface area contributed by atoms with Crippen LogP contribution in [-0.2, 0) is 19.6 Å². The van der Waals surface area contributed by atoms with Crippen LogP contribution in [-0.4, -0.2) is 23.1 Å². The number of aryl methyl sites for hydroxylation is 1. The Balaban J connectivity index is 2.22. The van der Waals surface area contributed by atoms with E-state index in [4.69, 9.17) is 0 Å². The second-order valence-electron chi connectivity index (χ2n) is 5.81. The molecule has 3 aromatic rings. The highest BCUT2D eigenvalue weighted by Gasteiger charge is 2.16. The van der Waals surface area contributed by atoms with Crippen molar-refractivity contribution in [1.29, 1.82) is 0 Å². The summed E-state index contributed by atoms with van der Waals surface area (Å²) in [4.78, 5) is 54.8. The van der Waals surface area contributed by atoms with Crippen LogP contribution >= 0.6 is 11.3 Å². The molecule has 140 valence electrons. The molecule has 0 amide bonds. The van der Waals surface area contributed by atoms with Gasteiger partial charge in [-0.25, -0.2) is 33.1 Å². The second kappa shape index (κ2) is 7.16. The van der Waals surface area contributed by atoms with Gasteiger partial charge in [0.15, 0.2) is 4.96 Å². The number of allylic oxidation sites excluding steroid dienone is 2. The standard InChI is InChI=1S/C17H17N5O4S/c1-4-6-19-15(24)20(7-5-2)17(26)21(16(19)25)9-12-8-13(23)22-11(3)10-27-14(22)18-12/h4-5,8,10H,1-2,6-7,9H2,3H3. The van der Waals surface area contributed by atoms with Gasteiger partial charge in [0.1, 0.15) is 0 Å². The van der Waals surface area contributed by atoms with Crippen LogP contribution in [0.5, 0.6) is 0 Å². The van der Waals surface area contributed by atoms with E-state index >= 15 is 0 Å². The van der Waals surface area contributed by atoms with Crippen LogP contribution in [0.25, 0.3) is 4.96 Å². The summed E-state index contributed by atoms with van der Waals surface area (Å²) in [6, 6.07) is 1.28. The van der Waals surface area contributed by atoms with Gasteiger partial charge in [0.2, 0.25) is 0 Å². The number of aromatic nitrogens is 5. The fraction of sp³-hybridized carbons (Fsp3) is 0.235. The molecule has 10 heteroatoms. The summed E-state index contributed by atoms with van der Waals surface area (Å²) >= 11 is 1.29. The average Bonchev–Trinajstić information content (AvgIpc) is 3.01. The fourth-order valence-corrected chi connectivity index (χ4v) is 3.62. The molecule has 0 saturated carbocycles. The van der Waals surface area contributed by atoms with Gasteiger partial charge in [0.05, 0.1) is 25.3 Å². The van der Waals surface area contributed by atoms with Crippen molar-refractivity contribution in [3.63, 3.8) is 0 Å². The number of fused-ring (bicyclic) bond motifs is 1. The first-order chi connectivity index (χ1) is 12.9. The van der Waals surface area contributed by atoms with Crippen molar-refractivity contribution in [2.75, 3.05) is 0 Å². The molecule has 9 nitrogen and oxygen atoms in total. The molecule has 0 aromatic carbocycles. The van der Waals surface area contributed by atoms with Crippen LogP contribution in [0.15, 0.2) is 55.9 Å². The van der Waals surface area contributed by atoms with Crippen molar-refractivity contribution in [3.8, 4) is 0 Å². The number of nitrogens with zero attached hydrogens (tertiary/aromatic N) is 5. The van der Waals surface area contributed by atoms with Crippen molar-refractivity contribution in [2.45, 2.75) is 26.6 Å². The summed E-state index contributed by atoms with van der Waals surface area (Å²) in [5.41, 5.74) is -1.59. The Morgan fingerprint density at radius 1 is 1.00 bits per heavy atom. The normalized spacial score (nSPS) is 11.0. The highest BCUT2D eigenvalue weighted by atomic mass is 32.1. The lowest BCUT2D eigenvalue weighted by Gasteiger charge is -2.12. The predicted molar refractivity (Wildman–Crippen MR) is 103 cm³/mol.